The van der Waals surface area contributed by atoms with E-state index in [1.54, 1.807) is 12.1 Å². The molecule has 1 fully saturated rings. The summed E-state index contributed by atoms with van der Waals surface area (Å²) in [6.45, 7) is 5.94. The first kappa shape index (κ1) is 23.9. The Morgan fingerprint density at radius 1 is 1.18 bits per heavy atom. The third-order valence-electron chi connectivity index (χ3n) is 6.32. The van der Waals surface area contributed by atoms with Crippen molar-refractivity contribution in [2.75, 3.05) is 34.3 Å². The minimum atomic E-state index is -0.339. The summed E-state index contributed by atoms with van der Waals surface area (Å²) in [7, 11) is 5.53. The Balaban J connectivity index is 1.76. The number of thiocarbonyl (C=S) groups is 1. The molecule has 0 spiro atoms. The molecule has 1 aromatic carbocycles. The highest BCUT2D eigenvalue weighted by atomic mass is 32.1. The van der Waals surface area contributed by atoms with Crippen LogP contribution in [0.2, 0.25) is 0 Å². The van der Waals surface area contributed by atoms with Crippen molar-refractivity contribution in [3.63, 3.8) is 0 Å². The monoisotopic (exact) mass is 477 g/mol. The van der Waals surface area contributed by atoms with Crippen LogP contribution in [0.4, 0.5) is 0 Å². The molecule has 3 aromatic rings. The number of ether oxygens (including phenoxy) is 1. The summed E-state index contributed by atoms with van der Waals surface area (Å²) in [6, 6.07) is 15.7. The molecule has 4 rings (SSSR count). The van der Waals surface area contributed by atoms with Gasteiger partial charge in [-0.1, -0.05) is 6.07 Å². The summed E-state index contributed by atoms with van der Waals surface area (Å²) < 4.78 is 7.06. The summed E-state index contributed by atoms with van der Waals surface area (Å²) in [6.07, 6.45) is 1.83. The first-order valence-electron chi connectivity index (χ1n) is 11.3. The molecular formula is C26H31N5O2S. The molecule has 178 valence electrons. The van der Waals surface area contributed by atoms with Crippen LogP contribution >= 0.6 is 12.2 Å². The summed E-state index contributed by atoms with van der Waals surface area (Å²) in [5.41, 5.74) is 5.95. The molecule has 1 aliphatic heterocycles. The van der Waals surface area contributed by atoms with Crippen LogP contribution in [-0.4, -0.2) is 64.7 Å². The molecule has 0 radical (unpaired) electrons. The Hall–Kier alpha value is -3.23. The molecule has 2 atom stereocenters. The van der Waals surface area contributed by atoms with E-state index in [-0.39, 0.29) is 18.1 Å². The molecule has 0 unspecified atom stereocenters. The number of likely N-dealkylation sites (N-methyl/N-ethyl adjacent to an activating group) is 1. The van der Waals surface area contributed by atoms with Gasteiger partial charge >= 0.3 is 5.97 Å². The van der Waals surface area contributed by atoms with E-state index in [2.05, 4.69) is 58.7 Å². The van der Waals surface area contributed by atoms with E-state index in [1.165, 1.54) is 12.7 Å². The summed E-state index contributed by atoms with van der Waals surface area (Å²) in [5, 5.41) is 4.28. The van der Waals surface area contributed by atoms with Crippen LogP contribution in [0.1, 0.15) is 45.1 Å². The molecular weight excluding hydrogens is 446 g/mol. The van der Waals surface area contributed by atoms with Crippen molar-refractivity contribution < 1.29 is 9.53 Å². The van der Waals surface area contributed by atoms with Crippen molar-refractivity contribution in [3.8, 4) is 5.69 Å². The molecule has 1 aliphatic rings. The molecule has 0 bridgehead atoms. The first-order chi connectivity index (χ1) is 16.3. The van der Waals surface area contributed by atoms with Gasteiger partial charge in [0.15, 0.2) is 5.11 Å². The maximum absolute atomic E-state index is 11.9. The zero-order chi connectivity index (χ0) is 24.4. The fourth-order valence-corrected chi connectivity index (χ4v) is 4.97. The van der Waals surface area contributed by atoms with Gasteiger partial charge in [-0.05, 0) is 88.2 Å². The lowest BCUT2D eigenvalue weighted by Gasteiger charge is -2.29. The Morgan fingerprint density at radius 2 is 1.91 bits per heavy atom. The van der Waals surface area contributed by atoms with E-state index in [1.807, 2.05) is 36.5 Å². The first-order valence-corrected chi connectivity index (χ1v) is 11.7. The van der Waals surface area contributed by atoms with Crippen LogP contribution in [-0.2, 0) is 4.74 Å². The smallest absolute Gasteiger partial charge is 0.337 e. The normalized spacial score (nSPS) is 17.8. The number of hydrogen-bond acceptors (Lipinski definition) is 5. The zero-order valence-electron chi connectivity index (χ0n) is 20.3. The average Bonchev–Trinajstić information content (AvgIpc) is 3.32. The minimum Gasteiger partial charge on any atom is -0.465 e. The third-order valence-corrected chi connectivity index (χ3v) is 6.67. The average molecular weight is 478 g/mol. The van der Waals surface area contributed by atoms with Crippen molar-refractivity contribution >= 4 is 23.3 Å². The van der Waals surface area contributed by atoms with Gasteiger partial charge in [-0.3, -0.25) is 4.98 Å². The molecule has 1 saturated heterocycles. The van der Waals surface area contributed by atoms with Crippen molar-refractivity contribution in [2.45, 2.75) is 25.9 Å². The standard InChI is InChI=1S/C26H31N5O2S/c1-17-16-21(18(2)31(17)20-11-9-19(10-12-20)25(32)33-5)24-23(22-8-6-7-13-27-22)28-26(34)30(24)15-14-29(3)4/h6-13,16,23-24H,14-15H2,1-5H3,(H,28,34)/t23-,24+/m0/s1. The maximum atomic E-state index is 11.9. The number of nitrogens with zero attached hydrogens (tertiary/aromatic N) is 4. The lowest BCUT2D eigenvalue weighted by Crippen LogP contribution is -2.35. The molecule has 0 aliphatic carbocycles. The molecule has 7 nitrogen and oxygen atoms in total. The predicted molar refractivity (Wildman–Crippen MR) is 137 cm³/mol. The van der Waals surface area contributed by atoms with Crippen LogP contribution in [0.3, 0.4) is 0 Å². The van der Waals surface area contributed by atoms with Gasteiger partial charge < -0.3 is 24.4 Å². The molecule has 2 aromatic heterocycles. The topological polar surface area (TPSA) is 62.6 Å². The summed E-state index contributed by atoms with van der Waals surface area (Å²) >= 11 is 5.79. The number of nitrogens with one attached hydrogen (secondary N) is 1. The van der Waals surface area contributed by atoms with E-state index >= 15 is 0 Å². The molecule has 0 saturated carbocycles. The summed E-state index contributed by atoms with van der Waals surface area (Å²) in [5.74, 6) is -0.339. The second-order valence-electron chi connectivity index (χ2n) is 8.82. The van der Waals surface area contributed by atoms with Crippen molar-refractivity contribution in [3.05, 3.63) is 82.9 Å². The van der Waals surface area contributed by atoms with Crippen molar-refractivity contribution in [1.82, 2.24) is 24.7 Å². The van der Waals surface area contributed by atoms with Gasteiger partial charge in [0.1, 0.15) is 0 Å². The number of rotatable bonds is 7. The lowest BCUT2D eigenvalue weighted by molar-refractivity contribution is 0.0600. The number of hydrogen-bond donors (Lipinski definition) is 1. The highest BCUT2D eigenvalue weighted by molar-refractivity contribution is 7.80. The number of aromatic nitrogens is 2. The van der Waals surface area contributed by atoms with Gasteiger partial charge in [-0.2, -0.15) is 0 Å². The molecule has 1 N–H and O–H groups in total. The van der Waals surface area contributed by atoms with E-state index in [4.69, 9.17) is 17.0 Å². The maximum Gasteiger partial charge on any atom is 0.337 e. The van der Waals surface area contributed by atoms with Crippen LogP contribution < -0.4 is 5.32 Å². The van der Waals surface area contributed by atoms with E-state index < -0.39 is 0 Å². The van der Waals surface area contributed by atoms with Gasteiger partial charge in [0.05, 0.1) is 30.5 Å². The Kier molecular flexibility index (Phi) is 7.00. The number of aryl methyl sites for hydroxylation is 1. The van der Waals surface area contributed by atoms with Crippen LogP contribution in [0.15, 0.2) is 54.7 Å². The van der Waals surface area contributed by atoms with Crippen molar-refractivity contribution in [1.29, 1.82) is 0 Å². The molecule has 34 heavy (non-hydrogen) atoms. The number of methoxy groups -OCH3 is 1. The number of pyridine rings is 1. The molecule has 3 heterocycles. The lowest BCUT2D eigenvalue weighted by atomic mass is 9.96. The quantitative estimate of drug-likeness (QED) is 0.410. The largest absolute Gasteiger partial charge is 0.465 e. The number of carbonyl (C=O) groups is 1. The fraction of sp³-hybridized carbons (Fsp3) is 0.346. The zero-order valence-corrected chi connectivity index (χ0v) is 21.1. The SMILES string of the molecule is COC(=O)c1ccc(-n2c(C)cc([C@@H]3[C@H](c4ccccn4)NC(=S)N3CCN(C)C)c2C)cc1. The van der Waals surface area contributed by atoms with E-state index in [0.29, 0.717) is 5.56 Å². The number of esters is 1. The number of carbonyl (C=O) groups excluding carboxylic acids is 1. The van der Waals surface area contributed by atoms with Crippen LogP contribution in [0.25, 0.3) is 5.69 Å². The molecule has 0 amide bonds. The Bertz CT molecular complexity index is 1170. The third kappa shape index (κ3) is 4.56. The summed E-state index contributed by atoms with van der Waals surface area (Å²) in [4.78, 5) is 20.9. The fourth-order valence-electron chi connectivity index (χ4n) is 4.64. The Labute approximate surface area is 206 Å². The van der Waals surface area contributed by atoms with E-state index in [9.17, 15) is 4.79 Å². The second kappa shape index (κ2) is 9.95. The van der Waals surface area contributed by atoms with Crippen LogP contribution in [0, 0.1) is 13.8 Å². The van der Waals surface area contributed by atoms with Crippen LogP contribution in [0.5, 0.6) is 0 Å². The van der Waals surface area contributed by atoms with Gasteiger partial charge in [0.25, 0.3) is 0 Å². The highest BCUT2D eigenvalue weighted by Gasteiger charge is 2.41. The van der Waals surface area contributed by atoms with Gasteiger partial charge in [0.2, 0.25) is 0 Å². The van der Waals surface area contributed by atoms with Gasteiger partial charge in [-0.15, -0.1) is 0 Å². The predicted octanol–water partition coefficient (Wildman–Crippen LogP) is 3.81. The highest BCUT2D eigenvalue weighted by Crippen LogP contribution is 2.41. The Morgan fingerprint density at radius 3 is 2.53 bits per heavy atom. The van der Waals surface area contributed by atoms with E-state index in [0.717, 1.165) is 41.0 Å². The van der Waals surface area contributed by atoms with Crippen molar-refractivity contribution in [2.24, 2.45) is 0 Å². The van der Waals surface area contributed by atoms with Gasteiger partial charge in [-0.25, -0.2) is 4.79 Å². The van der Waals surface area contributed by atoms with Gasteiger partial charge in [0, 0.05) is 36.4 Å². The second-order valence-corrected chi connectivity index (χ2v) is 9.21. The molecule has 8 heteroatoms. The minimum absolute atomic E-state index is 0.0108. The number of benzene rings is 1.